The van der Waals surface area contributed by atoms with Crippen LogP contribution in [0.15, 0.2) is 17.8 Å². The largest absolute Gasteiger partial charge is 0.352 e. The Labute approximate surface area is 110 Å². The molecule has 1 rings (SSSR count). The summed E-state index contributed by atoms with van der Waals surface area (Å²) in [5.41, 5.74) is 0. The van der Waals surface area contributed by atoms with Crippen molar-refractivity contribution in [2.75, 3.05) is 20.1 Å². The van der Waals surface area contributed by atoms with Gasteiger partial charge in [-0.1, -0.05) is 17.8 Å². The summed E-state index contributed by atoms with van der Waals surface area (Å²) in [6.45, 7) is 7.28. The third kappa shape index (κ3) is 4.46. The molecule has 0 aliphatic carbocycles. The van der Waals surface area contributed by atoms with Crippen LogP contribution in [0.4, 0.5) is 0 Å². The van der Waals surface area contributed by atoms with E-state index < -0.39 is 0 Å². The molecule has 2 N–H and O–H groups in total. The molecule has 0 saturated carbocycles. The molecule has 0 fully saturated rings. The van der Waals surface area contributed by atoms with Gasteiger partial charge in [-0.25, -0.2) is 4.68 Å². The number of nitrogens with zero attached hydrogens (tertiary/aromatic N) is 4. The number of nitrogens with one attached hydrogen (secondary N) is 2. The zero-order valence-electron chi connectivity index (χ0n) is 10.6. The fourth-order valence-electron chi connectivity index (χ4n) is 1.17. The molecule has 1 unspecified atom stereocenters. The lowest BCUT2D eigenvalue weighted by Gasteiger charge is -2.10. The van der Waals surface area contributed by atoms with E-state index in [0.29, 0.717) is 18.2 Å². The molecule has 8 heteroatoms. The molecule has 0 aromatic carbocycles. The van der Waals surface area contributed by atoms with Crippen molar-refractivity contribution in [3.63, 3.8) is 0 Å². The van der Waals surface area contributed by atoms with Crippen LogP contribution in [0.2, 0.25) is 0 Å². The number of thioether (sulfide) groups is 1. The monoisotopic (exact) mass is 270 g/mol. The van der Waals surface area contributed by atoms with Crippen LogP contribution in [0, 0.1) is 0 Å². The summed E-state index contributed by atoms with van der Waals surface area (Å²) in [5, 5.41) is 17.6. The van der Waals surface area contributed by atoms with Crippen LogP contribution in [-0.2, 0) is 11.3 Å². The minimum atomic E-state index is -0.246. The number of amides is 1. The molecule has 0 radical (unpaired) electrons. The Bertz CT molecular complexity index is 393. The summed E-state index contributed by atoms with van der Waals surface area (Å²) >= 11 is 1.34. The van der Waals surface area contributed by atoms with Gasteiger partial charge in [-0.05, 0) is 24.4 Å². The van der Waals surface area contributed by atoms with Gasteiger partial charge in [-0.15, -0.1) is 11.7 Å². The van der Waals surface area contributed by atoms with Crippen molar-refractivity contribution in [3.8, 4) is 0 Å². The number of likely N-dealkylation sites (N-methyl/N-ethyl adjacent to an activating group) is 1. The van der Waals surface area contributed by atoms with Crippen molar-refractivity contribution < 1.29 is 4.79 Å². The third-order valence-corrected chi connectivity index (χ3v) is 3.22. The van der Waals surface area contributed by atoms with Crippen molar-refractivity contribution in [2.45, 2.75) is 23.9 Å². The molecule has 1 heterocycles. The van der Waals surface area contributed by atoms with Crippen molar-refractivity contribution in [1.82, 2.24) is 30.8 Å². The molecule has 1 amide bonds. The fourth-order valence-corrected chi connectivity index (χ4v) is 2.01. The fraction of sp³-hybridized carbons (Fsp3) is 0.600. The number of aromatic nitrogens is 4. The lowest BCUT2D eigenvalue weighted by atomic mass is 10.4. The molecule has 18 heavy (non-hydrogen) atoms. The topological polar surface area (TPSA) is 84.7 Å². The number of hydrogen-bond acceptors (Lipinski definition) is 6. The van der Waals surface area contributed by atoms with Gasteiger partial charge in [0.25, 0.3) is 0 Å². The van der Waals surface area contributed by atoms with Crippen LogP contribution in [-0.4, -0.2) is 51.5 Å². The molecule has 7 nitrogen and oxygen atoms in total. The van der Waals surface area contributed by atoms with E-state index in [1.807, 2.05) is 14.0 Å². The lowest BCUT2D eigenvalue weighted by molar-refractivity contribution is -0.120. The highest BCUT2D eigenvalue weighted by Crippen LogP contribution is 2.19. The molecule has 1 aromatic heterocycles. The Morgan fingerprint density at radius 1 is 1.67 bits per heavy atom. The predicted molar refractivity (Wildman–Crippen MR) is 70.3 cm³/mol. The Morgan fingerprint density at radius 2 is 2.44 bits per heavy atom. The number of carbonyl (C=O) groups excluding carboxylic acids is 1. The van der Waals surface area contributed by atoms with Crippen molar-refractivity contribution in [3.05, 3.63) is 12.7 Å². The van der Waals surface area contributed by atoms with Gasteiger partial charge in [0.2, 0.25) is 11.1 Å². The van der Waals surface area contributed by atoms with Crippen LogP contribution < -0.4 is 10.6 Å². The van der Waals surface area contributed by atoms with Gasteiger partial charge in [0.05, 0.1) is 11.8 Å². The molecule has 0 aliphatic rings. The van der Waals surface area contributed by atoms with Gasteiger partial charge in [-0.3, -0.25) is 4.79 Å². The molecular formula is C10H18N6OS. The summed E-state index contributed by atoms with van der Waals surface area (Å²) < 4.78 is 1.68. The van der Waals surface area contributed by atoms with Gasteiger partial charge in [0.15, 0.2) is 0 Å². The normalized spacial score (nSPS) is 12.1. The first kappa shape index (κ1) is 14.7. The summed E-state index contributed by atoms with van der Waals surface area (Å²) in [6, 6.07) is 0. The van der Waals surface area contributed by atoms with E-state index in [4.69, 9.17) is 0 Å². The molecular weight excluding hydrogens is 252 g/mol. The van der Waals surface area contributed by atoms with E-state index in [2.05, 4.69) is 32.7 Å². The summed E-state index contributed by atoms with van der Waals surface area (Å²) in [7, 11) is 1.86. The summed E-state index contributed by atoms with van der Waals surface area (Å²) in [6.07, 6.45) is 1.65. The van der Waals surface area contributed by atoms with Gasteiger partial charge in [0.1, 0.15) is 0 Å². The summed E-state index contributed by atoms with van der Waals surface area (Å²) in [4.78, 5) is 11.7. The Kier molecular flexibility index (Phi) is 6.37. The Hall–Kier alpha value is -1.41. The third-order valence-electron chi connectivity index (χ3n) is 2.14. The molecule has 0 aliphatic heterocycles. The second kappa shape index (κ2) is 7.83. The maximum Gasteiger partial charge on any atom is 0.233 e. The lowest BCUT2D eigenvalue weighted by Crippen LogP contribution is -2.31. The maximum absolute atomic E-state index is 11.7. The average molecular weight is 270 g/mol. The highest BCUT2D eigenvalue weighted by atomic mass is 32.2. The molecule has 0 saturated heterocycles. The second-order valence-electron chi connectivity index (χ2n) is 3.58. The second-order valence-corrected chi connectivity index (χ2v) is 4.89. The van der Waals surface area contributed by atoms with E-state index in [0.717, 1.165) is 6.54 Å². The minimum absolute atomic E-state index is 0.0527. The minimum Gasteiger partial charge on any atom is -0.352 e. The van der Waals surface area contributed by atoms with Crippen LogP contribution >= 0.6 is 11.8 Å². The van der Waals surface area contributed by atoms with Gasteiger partial charge in [-0.2, -0.15) is 0 Å². The maximum atomic E-state index is 11.7. The number of carbonyl (C=O) groups is 1. The van der Waals surface area contributed by atoms with E-state index in [1.54, 1.807) is 10.8 Å². The summed E-state index contributed by atoms with van der Waals surface area (Å²) in [5.74, 6) is -0.0527. The molecule has 100 valence electrons. The van der Waals surface area contributed by atoms with Crippen molar-refractivity contribution in [1.29, 1.82) is 0 Å². The SMILES string of the molecule is C=CCNC(=O)C(C)Sc1nnnn1CCNC. The molecule has 1 aromatic rings. The van der Waals surface area contributed by atoms with Crippen LogP contribution in [0.1, 0.15) is 6.92 Å². The van der Waals surface area contributed by atoms with Crippen LogP contribution in [0.5, 0.6) is 0 Å². The first-order valence-corrected chi connectivity index (χ1v) is 6.53. The quantitative estimate of drug-likeness (QED) is 0.497. The molecule has 1 atom stereocenters. The average Bonchev–Trinajstić information content (AvgIpc) is 2.80. The first-order chi connectivity index (χ1) is 8.69. The molecule has 0 bridgehead atoms. The standard InChI is InChI=1S/C10H18N6OS/c1-4-5-12-9(17)8(2)18-10-13-14-15-16(10)7-6-11-3/h4,8,11H,1,5-7H2,2-3H3,(H,12,17). The van der Waals surface area contributed by atoms with E-state index in [9.17, 15) is 4.79 Å². The van der Waals surface area contributed by atoms with Gasteiger partial charge in [0, 0.05) is 13.1 Å². The Morgan fingerprint density at radius 3 is 3.11 bits per heavy atom. The highest BCUT2D eigenvalue weighted by molar-refractivity contribution is 8.00. The van der Waals surface area contributed by atoms with Crippen molar-refractivity contribution in [2.24, 2.45) is 0 Å². The highest BCUT2D eigenvalue weighted by Gasteiger charge is 2.17. The van der Waals surface area contributed by atoms with E-state index >= 15 is 0 Å². The number of hydrogen-bond donors (Lipinski definition) is 2. The zero-order valence-corrected chi connectivity index (χ0v) is 11.4. The van der Waals surface area contributed by atoms with Gasteiger partial charge < -0.3 is 10.6 Å². The van der Waals surface area contributed by atoms with Crippen LogP contribution in [0.25, 0.3) is 0 Å². The number of rotatable bonds is 8. The predicted octanol–water partition coefficient (Wildman–Crippen LogP) is -0.325. The van der Waals surface area contributed by atoms with Crippen LogP contribution in [0.3, 0.4) is 0 Å². The molecule has 0 spiro atoms. The Balaban J connectivity index is 2.52. The first-order valence-electron chi connectivity index (χ1n) is 5.65. The smallest absolute Gasteiger partial charge is 0.233 e. The van der Waals surface area contributed by atoms with E-state index in [-0.39, 0.29) is 11.2 Å². The van der Waals surface area contributed by atoms with Gasteiger partial charge >= 0.3 is 0 Å². The number of tetrazole rings is 1. The zero-order chi connectivity index (χ0) is 13.4. The van der Waals surface area contributed by atoms with Crippen molar-refractivity contribution >= 4 is 17.7 Å². The van der Waals surface area contributed by atoms with E-state index in [1.165, 1.54) is 11.8 Å².